The van der Waals surface area contributed by atoms with Crippen LogP contribution in [0.15, 0.2) is 60.8 Å². The van der Waals surface area contributed by atoms with Gasteiger partial charge in [-0.15, -0.1) is 0 Å². The van der Waals surface area contributed by atoms with Crippen molar-refractivity contribution in [1.82, 2.24) is 4.98 Å². The van der Waals surface area contributed by atoms with Crippen molar-refractivity contribution in [3.8, 4) is 17.2 Å². The average Bonchev–Trinajstić information content (AvgIpc) is 2.79. The summed E-state index contributed by atoms with van der Waals surface area (Å²) >= 11 is 0. The van der Waals surface area contributed by atoms with Gasteiger partial charge in [0.1, 0.15) is 23.0 Å². The number of hydrogen-bond acceptors (Lipinski definition) is 5. The van der Waals surface area contributed by atoms with Crippen LogP contribution in [0, 0.1) is 0 Å². The molecule has 0 radical (unpaired) electrons. The zero-order valence-corrected chi connectivity index (χ0v) is 15.1. The number of amides is 1. The van der Waals surface area contributed by atoms with E-state index in [4.69, 9.17) is 9.47 Å². The molecule has 0 spiro atoms. The molecule has 1 N–H and O–H groups in total. The minimum absolute atomic E-state index is 0.131. The number of nitrogens with zero attached hydrogens (tertiary/aromatic N) is 2. The van der Waals surface area contributed by atoms with Crippen LogP contribution in [-0.2, 0) is 0 Å². The smallest absolute Gasteiger partial charge is 0.261 e. The molecular weight excluding hydrogens is 342 g/mol. The lowest BCUT2D eigenvalue weighted by Gasteiger charge is -2.17. The highest BCUT2D eigenvalue weighted by molar-refractivity contribution is 6.09. The number of fused-ring (bicyclic) bond motifs is 2. The summed E-state index contributed by atoms with van der Waals surface area (Å²) in [4.78, 5) is 18.7. The zero-order valence-electron chi connectivity index (χ0n) is 15.1. The maximum Gasteiger partial charge on any atom is 0.261 e. The highest BCUT2D eigenvalue weighted by Gasteiger charge is 2.26. The second-order valence-electron chi connectivity index (χ2n) is 6.05. The molecule has 0 bridgehead atoms. The number of aromatic nitrogens is 1. The molecule has 1 aliphatic rings. The summed E-state index contributed by atoms with van der Waals surface area (Å²) in [6, 6.07) is 16.6. The molecule has 2 heterocycles. The molecule has 136 valence electrons. The van der Waals surface area contributed by atoms with Gasteiger partial charge in [0, 0.05) is 13.1 Å². The normalized spacial score (nSPS) is 12.5. The van der Waals surface area contributed by atoms with E-state index in [1.165, 1.54) is 0 Å². The number of carbonyl (C=O) groups excluding carboxylic acids is 1. The van der Waals surface area contributed by atoms with Crippen molar-refractivity contribution >= 4 is 23.1 Å². The van der Waals surface area contributed by atoms with Gasteiger partial charge in [-0.25, -0.2) is 4.98 Å². The van der Waals surface area contributed by atoms with Crippen LogP contribution in [0.25, 0.3) is 0 Å². The molecule has 1 aromatic heterocycles. The quantitative estimate of drug-likeness (QED) is 0.735. The van der Waals surface area contributed by atoms with Gasteiger partial charge in [0.2, 0.25) is 0 Å². The van der Waals surface area contributed by atoms with E-state index in [0.29, 0.717) is 35.2 Å². The van der Waals surface area contributed by atoms with Gasteiger partial charge in [-0.2, -0.15) is 0 Å². The van der Waals surface area contributed by atoms with Gasteiger partial charge in [-0.1, -0.05) is 24.3 Å². The van der Waals surface area contributed by atoms with Crippen LogP contribution in [0.3, 0.4) is 0 Å². The van der Waals surface area contributed by atoms with Crippen LogP contribution in [0.2, 0.25) is 0 Å². The van der Waals surface area contributed by atoms with Gasteiger partial charge < -0.3 is 19.7 Å². The van der Waals surface area contributed by atoms with Crippen molar-refractivity contribution < 1.29 is 14.3 Å². The lowest BCUT2D eigenvalue weighted by molar-refractivity contribution is 0.0993. The second-order valence-corrected chi connectivity index (χ2v) is 6.05. The predicted molar refractivity (Wildman–Crippen MR) is 104 cm³/mol. The number of pyridine rings is 1. The Morgan fingerprint density at radius 3 is 2.74 bits per heavy atom. The van der Waals surface area contributed by atoms with Gasteiger partial charge in [0.05, 0.1) is 24.1 Å². The summed E-state index contributed by atoms with van der Waals surface area (Å²) in [7, 11) is 1.71. The van der Waals surface area contributed by atoms with Crippen molar-refractivity contribution in [3.05, 3.63) is 66.4 Å². The van der Waals surface area contributed by atoms with Crippen molar-refractivity contribution in [2.75, 3.05) is 23.9 Å². The van der Waals surface area contributed by atoms with Crippen LogP contribution in [0.1, 0.15) is 17.3 Å². The van der Waals surface area contributed by atoms with E-state index in [2.05, 4.69) is 10.3 Å². The summed E-state index contributed by atoms with van der Waals surface area (Å²) in [5.41, 5.74) is 1.94. The molecule has 27 heavy (non-hydrogen) atoms. The Balaban J connectivity index is 1.71. The third kappa shape index (κ3) is 3.17. The molecular formula is C21H19N3O3. The molecule has 0 aliphatic carbocycles. The standard InChI is InChI=1S/C21H19N3O3/c1-3-26-18-11-7-5-9-15(18)23-20-12-19-16(13-22-20)24(2)21(25)14-8-4-6-10-17(14)27-19/h4-13H,3H2,1-2H3,(H,22,23). The molecule has 0 unspecified atom stereocenters. The summed E-state index contributed by atoms with van der Waals surface area (Å²) in [5, 5.41) is 3.26. The molecule has 0 saturated heterocycles. The Morgan fingerprint density at radius 2 is 1.89 bits per heavy atom. The fourth-order valence-electron chi connectivity index (χ4n) is 2.96. The van der Waals surface area contributed by atoms with Crippen molar-refractivity contribution in [2.45, 2.75) is 6.92 Å². The summed E-state index contributed by atoms with van der Waals surface area (Å²) in [5.74, 6) is 2.30. The Bertz CT molecular complexity index is 1000. The Morgan fingerprint density at radius 1 is 1.11 bits per heavy atom. The topological polar surface area (TPSA) is 63.7 Å². The number of anilines is 3. The number of hydrogen-bond donors (Lipinski definition) is 1. The summed E-state index contributed by atoms with van der Waals surface area (Å²) in [6.45, 7) is 2.51. The number of ether oxygens (including phenoxy) is 2. The largest absolute Gasteiger partial charge is 0.492 e. The molecule has 4 rings (SSSR count). The Hall–Kier alpha value is -3.54. The fraction of sp³-hybridized carbons (Fsp3) is 0.143. The first kappa shape index (κ1) is 16.9. The number of benzene rings is 2. The summed E-state index contributed by atoms with van der Waals surface area (Å²) < 4.78 is 11.7. The second kappa shape index (κ2) is 6.99. The lowest BCUT2D eigenvalue weighted by Crippen LogP contribution is -2.25. The van der Waals surface area contributed by atoms with Crippen LogP contribution in [0.4, 0.5) is 17.2 Å². The maximum atomic E-state index is 12.7. The Labute approximate surface area is 157 Å². The van der Waals surface area contributed by atoms with Crippen LogP contribution < -0.4 is 19.7 Å². The molecule has 1 amide bonds. The van der Waals surface area contributed by atoms with E-state index in [1.807, 2.05) is 43.3 Å². The van der Waals surface area contributed by atoms with Gasteiger partial charge in [0.25, 0.3) is 5.91 Å². The van der Waals surface area contributed by atoms with E-state index in [1.54, 1.807) is 36.3 Å². The van der Waals surface area contributed by atoms with Gasteiger partial charge in [-0.3, -0.25) is 4.79 Å². The number of carbonyl (C=O) groups is 1. The first-order valence-electron chi connectivity index (χ1n) is 8.71. The third-order valence-corrected chi connectivity index (χ3v) is 4.30. The lowest BCUT2D eigenvalue weighted by atomic mass is 10.2. The molecule has 3 aromatic rings. The highest BCUT2D eigenvalue weighted by atomic mass is 16.5. The molecule has 0 atom stereocenters. The van der Waals surface area contributed by atoms with Crippen LogP contribution in [-0.4, -0.2) is 24.5 Å². The van der Waals surface area contributed by atoms with Gasteiger partial charge in [0.15, 0.2) is 5.75 Å². The first-order valence-corrected chi connectivity index (χ1v) is 8.71. The summed E-state index contributed by atoms with van der Waals surface area (Å²) in [6.07, 6.45) is 1.63. The van der Waals surface area contributed by atoms with Crippen molar-refractivity contribution in [3.63, 3.8) is 0 Å². The monoisotopic (exact) mass is 361 g/mol. The number of rotatable bonds is 4. The maximum absolute atomic E-state index is 12.7. The predicted octanol–water partition coefficient (Wildman–Crippen LogP) is 4.61. The SMILES string of the molecule is CCOc1ccccc1Nc1cc2c(cn1)N(C)C(=O)c1ccccc1O2. The highest BCUT2D eigenvalue weighted by Crippen LogP contribution is 2.39. The zero-order chi connectivity index (χ0) is 18.8. The first-order chi connectivity index (χ1) is 13.2. The minimum Gasteiger partial charge on any atom is -0.492 e. The minimum atomic E-state index is -0.131. The third-order valence-electron chi connectivity index (χ3n) is 4.30. The molecule has 0 saturated carbocycles. The fourth-order valence-corrected chi connectivity index (χ4v) is 2.96. The number of nitrogens with one attached hydrogen (secondary N) is 1. The molecule has 6 nitrogen and oxygen atoms in total. The Kier molecular flexibility index (Phi) is 4.38. The van der Waals surface area contributed by atoms with Crippen LogP contribution in [0.5, 0.6) is 17.2 Å². The molecule has 6 heteroatoms. The molecule has 1 aliphatic heterocycles. The van der Waals surface area contributed by atoms with E-state index in [9.17, 15) is 4.79 Å². The molecule has 2 aromatic carbocycles. The van der Waals surface area contributed by atoms with Gasteiger partial charge >= 0.3 is 0 Å². The molecule has 0 fully saturated rings. The number of para-hydroxylation sites is 3. The van der Waals surface area contributed by atoms with E-state index >= 15 is 0 Å². The van der Waals surface area contributed by atoms with Gasteiger partial charge in [-0.05, 0) is 31.2 Å². The van der Waals surface area contributed by atoms with Crippen LogP contribution >= 0.6 is 0 Å². The van der Waals surface area contributed by atoms with E-state index < -0.39 is 0 Å². The van der Waals surface area contributed by atoms with Crippen molar-refractivity contribution in [2.24, 2.45) is 0 Å². The van der Waals surface area contributed by atoms with E-state index in [-0.39, 0.29) is 5.91 Å². The average molecular weight is 361 g/mol. The van der Waals surface area contributed by atoms with Crippen molar-refractivity contribution in [1.29, 1.82) is 0 Å². The van der Waals surface area contributed by atoms with E-state index in [0.717, 1.165) is 11.4 Å².